The Hall–Kier alpha value is -1.36. The molecule has 1 rings (SSSR count). The summed E-state index contributed by atoms with van der Waals surface area (Å²) in [6.45, 7) is 7.78. The lowest BCUT2D eigenvalue weighted by atomic mass is 9.98. The Morgan fingerprint density at radius 2 is 2.06 bits per heavy atom. The third-order valence-corrected chi connectivity index (χ3v) is 2.44. The normalized spacial score (nSPS) is 24.2. The average molecular weight is 255 g/mol. The van der Waals surface area contributed by atoms with Gasteiger partial charge in [-0.1, -0.05) is 6.08 Å². The van der Waals surface area contributed by atoms with Gasteiger partial charge >= 0.3 is 6.09 Å². The third-order valence-electron chi connectivity index (χ3n) is 2.44. The van der Waals surface area contributed by atoms with Crippen molar-refractivity contribution in [2.75, 3.05) is 13.2 Å². The SMILES string of the molecule is CC(=O)/C=C/C1(NC(=O)OC(C)(C)C)CCOC1. The van der Waals surface area contributed by atoms with Crippen LogP contribution in [0, 0.1) is 0 Å². The number of ether oxygens (including phenoxy) is 2. The van der Waals surface area contributed by atoms with E-state index in [1.165, 1.54) is 13.0 Å². The Morgan fingerprint density at radius 3 is 2.50 bits per heavy atom. The van der Waals surface area contributed by atoms with E-state index in [4.69, 9.17) is 9.47 Å². The monoisotopic (exact) mass is 255 g/mol. The first kappa shape index (κ1) is 14.7. The van der Waals surface area contributed by atoms with Gasteiger partial charge in [0.25, 0.3) is 0 Å². The molecule has 0 aromatic heterocycles. The minimum absolute atomic E-state index is 0.0627. The number of hydrogen-bond donors (Lipinski definition) is 1. The van der Waals surface area contributed by atoms with E-state index in [9.17, 15) is 9.59 Å². The molecule has 1 aliphatic rings. The molecule has 0 aromatic carbocycles. The van der Waals surface area contributed by atoms with Gasteiger partial charge in [0.1, 0.15) is 5.60 Å². The highest BCUT2D eigenvalue weighted by Gasteiger charge is 2.35. The van der Waals surface area contributed by atoms with Crippen molar-refractivity contribution in [3.8, 4) is 0 Å². The Labute approximate surface area is 108 Å². The summed E-state index contributed by atoms with van der Waals surface area (Å²) in [4.78, 5) is 22.7. The summed E-state index contributed by atoms with van der Waals surface area (Å²) in [6.07, 6.45) is 3.27. The molecule has 1 saturated heterocycles. The molecule has 0 aromatic rings. The lowest BCUT2D eigenvalue weighted by Gasteiger charge is -2.27. The minimum Gasteiger partial charge on any atom is -0.444 e. The second-order valence-corrected chi connectivity index (χ2v) is 5.53. The molecule has 1 heterocycles. The number of amides is 1. The summed E-state index contributed by atoms with van der Waals surface area (Å²) in [5, 5.41) is 2.78. The van der Waals surface area contributed by atoms with Crippen LogP contribution in [0.4, 0.5) is 4.79 Å². The number of rotatable bonds is 3. The molecule has 1 fully saturated rings. The van der Waals surface area contributed by atoms with E-state index < -0.39 is 17.2 Å². The highest BCUT2D eigenvalue weighted by Crippen LogP contribution is 2.21. The average Bonchev–Trinajstić information content (AvgIpc) is 2.61. The van der Waals surface area contributed by atoms with Crippen molar-refractivity contribution < 1.29 is 19.1 Å². The van der Waals surface area contributed by atoms with Gasteiger partial charge in [0.15, 0.2) is 5.78 Å². The molecule has 1 N–H and O–H groups in total. The predicted octanol–water partition coefficient (Wildman–Crippen LogP) is 1.82. The first-order chi connectivity index (χ1) is 8.22. The fourth-order valence-corrected chi connectivity index (χ4v) is 1.64. The van der Waals surface area contributed by atoms with Gasteiger partial charge in [0.2, 0.25) is 0 Å². The van der Waals surface area contributed by atoms with Crippen LogP contribution in [0.2, 0.25) is 0 Å². The van der Waals surface area contributed by atoms with Crippen LogP contribution in [0.5, 0.6) is 0 Å². The van der Waals surface area contributed by atoms with Crippen LogP contribution in [0.3, 0.4) is 0 Å². The van der Waals surface area contributed by atoms with Gasteiger partial charge in [-0.25, -0.2) is 4.79 Å². The van der Waals surface area contributed by atoms with Crippen LogP contribution in [-0.4, -0.2) is 36.2 Å². The molecule has 0 radical (unpaired) electrons. The highest BCUT2D eigenvalue weighted by atomic mass is 16.6. The quantitative estimate of drug-likeness (QED) is 0.781. The van der Waals surface area contributed by atoms with Crippen molar-refractivity contribution in [3.63, 3.8) is 0 Å². The van der Waals surface area contributed by atoms with Crippen molar-refractivity contribution in [1.29, 1.82) is 0 Å². The number of hydrogen-bond acceptors (Lipinski definition) is 4. The van der Waals surface area contributed by atoms with Crippen molar-refractivity contribution in [1.82, 2.24) is 5.32 Å². The number of carbonyl (C=O) groups is 2. The van der Waals surface area contributed by atoms with Crippen LogP contribution in [-0.2, 0) is 14.3 Å². The Balaban J connectivity index is 2.69. The van der Waals surface area contributed by atoms with Crippen molar-refractivity contribution in [2.45, 2.75) is 45.3 Å². The summed E-state index contributed by atoms with van der Waals surface area (Å²) in [7, 11) is 0. The molecule has 1 amide bonds. The van der Waals surface area contributed by atoms with E-state index in [2.05, 4.69) is 5.32 Å². The van der Waals surface area contributed by atoms with Crippen LogP contribution >= 0.6 is 0 Å². The Morgan fingerprint density at radius 1 is 1.39 bits per heavy atom. The molecule has 1 atom stereocenters. The smallest absolute Gasteiger partial charge is 0.408 e. The van der Waals surface area contributed by atoms with E-state index in [1.807, 2.05) is 0 Å². The first-order valence-corrected chi connectivity index (χ1v) is 6.01. The molecular formula is C13H21NO4. The zero-order chi connectivity index (χ0) is 13.8. The van der Waals surface area contributed by atoms with Gasteiger partial charge in [0.05, 0.1) is 12.1 Å². The Bertz CT molecular complexity index is 348. The van der Waals surface area contributed by atoms with Crippen molar-refractivity contribution in [3.05, 3.63) is 12.2 Å². The topological polar surface area (TPSA) is 64.6 Å². The summed E-state index contributed by atoms with van der Waals surface area (Å²) < 4.78 is 10.5. The fourth-order valence-electron chi connectivity index (χ4n) is 1.64. The van der Waals surface area contributed by atoms with Gasteiger partial charge < -0.3 is 14.8 Å². The maximum atomic E-state index is 11.8. The van der Waals surface area contributed by atoms with Gasteiger partial charge in [0, 0.05) is 6.61 Å². The summed E-state index contributed by atoms with van der Waals surface area (Å²) in [5.41, 5.74) is -1.18. The van der Waals surface area contributed by atoms with Crippen LogP contribution in [0.15, 0.2) is 12.2 Å². The molecule has 1 aliphatic heterocycles. The number of alkyl carbamates (subject to hydrolysis) is 1. The van der Waals surface area contributed by atoms with Crippen LogP contribution in [0.1, 0.15) is 34.1 Å². The number of allylic oxidation sites excluding steroid dienone is 1. The van der Waals surface area contributed by atoms with E-state index >= 15 is 0 Å². The number of carbonyl (C=O) groups excluding carboxylic acids is 2. The summed E-state index contributed by atoms with van der Waals surface area (Å²) >= 11 is 0. The lowest BCUT2D eigenvalue weighted by Crippen LogP contribution is -2.49. The molecule has 102 valence electrons. The van der Waals surface area contributed by atoms with Gasteiger partial charge in [-0.05, 0) is 40.2 Å². The maximum Gasteiger partial charge on any atom is 0.408 e. The summed E-state index contributed by atoms with van der Waals surface area (Å²) in [6, 6.07) is 0. The number of nitrogens with one attached hydrogen (secondary N) is 1. The predicted molar refractivity (Wildman–Crippen MR) is 67.4 cm³/mol. The van der Waals surface area contributed by atoms with Crippen LogP contribution in [0.25, 0.3) is 0 Å². The van der Waals surface area contributed by atoms with Gasteiger partial charge in [-0.3, -0.25) is 4.79 Å². The zero-order valence-corrected chi connectivity index (χ0v) is 11.4. The molecule has 0 spiro atoms. The largest absolute Gasteiger partial charge is 0.444 e. The van der Waals surface area contributed by atoms with E-state index in [1.54, 1.807) is 26.8 Å². The summed E-state index contributed by atoms with van der Waals surface area (Å²) in [5.74, 6) is -0.0627. The van der Waals surface area contributed by atoms with E-state index in [0.717, 1.165) is 0 Å². The first-order valence-electron chi connectivity index (χ1n) is 6.01. The maximum absolute atomic E-state index is 11.8. The highest BCUT2D eigenvalue weighted by molar-refractivity contribution is 5.87. The molecule has 5 heteroatoms. The molecule has 0 bridgehead atoms. The lowest BCUT2D eigenvalue weighted by molar-refractivity contribution is -0.112. The van der Waals surface area contributed by atoms with E-state index in [0.29, 0.717) is 19.6 Å². The van der Waals surface area contributed by atoms with Gasteiger partial charge in [-0.2, -0.15) is 0 Å². The van der Waals surface area contributed by atoms with E-state index in [-0.39, 0.29) is 5.78 Å². The standard InChI is InChI=1S/C13H21NO4/c1-10(15)5-6-13(7-8-17-9-13)14-11(16)18-12(2,3)4/h5-6H,7-9H2,1-4H3,(H,14,16)/b6-5+. The Kier molecular flexibility index (Phi) is 4.51. The van der Waals surface area contributed by atoms with Crippen molar-refractivity contribution >= 4 is 11.9 Å². The fraction of sp³-hybridized carbons (Fsp3) is 0.692. The van der Waals surface area contributed by atoms with Crippen LogP contribution < -0.4 is 5.32 Å². The molecule has 18 heavy (non-hydrogen) atoms. The molecule has 5 nitrogen and oxygen atoms in total. The molecule has 0 aliphatic carbocycles. The third kappa shape index (κ3) is 4.87. The van der Waals surface area contributed by atoms with Gasteiger partial charge in [-0.15, -0.1) is 0 Å². The zero-order valence-electron chi connectivity index (χ0n) is 11.4. The molecular weight excluding hydrogens is 234 g/mol. The molecule has 1 unspecified atom stereocenters. The van der Waals surface area contributed by atoms with Crippen molar-refractivity contribution in [2.24, 2.45) is 0 Å². The minimum atomic E-state index is -0.631. The second kappa shape index (κ2) is 5.52. The number of ketones is 1. The molecule has 0 saturated carbocycles. The second-order valence-electron chi connectivity index (χ2n) is 5.53.